The summed E-state index contributed by atoms with van der Waals surface area (Å²) in [7, 11) is -3.69. The van der Waals surface area contributed by atoms with Gasteiger partial charge in [0.05, 0.1) is 11.4 Å². The van der Waals surface area contributed by atoms with E-state index in [0.717, 1.165) is 31.6 Å². The summed E-state index contributed by atoms with van der Waals surface area (Å²) in [5, 5.41) is 0. The van der Waals surface area contributed by atoms with Gasteiger partial charge < -0.3 is 0 Å². The Morgan fingerprint density at radius 1 is 0.906 bits per heavy atom. The molecule has 0 bridgehead atoms. The van der Waals surface area contributed by atoms with Crippen LogP contribution in [-0.4, -0.2) is 56.5 Å². The van der Waals surface area contributed by atoms with Gasteiger partial charge in [-0.25, -0.2) is 0 Å². The van der Waals surface area contributed by atoms with Crippen LogP contribution in [0.3, 0.4) is 0 Å². The smallest absolute Gasteiger partial charge is 0.262 e. The third-order valence-electron chi connectivity index (χ3n) is 6.38. The fraction of sp³-hybridized carbons (Fsp3) is 0.731. The van der Waals surface area contributed by atoms with E-state index < -0.39 is 10.1 Å². The molecule has 1 aromatic carbocycles. The Hall–Kier alpha value is -1.40. The highest BCUT2D eigenvalue weighted by Gasteiger charge is 2.29. The first-order chi connectivity index (χ1) is 15.5. The highest BCUT2D eigenvalue weighted by molar-refractivity contribution is 7.86. The van der Waals surface area contributed by atoms with Gasteiger partial charge in [0, 0.05) is 6.42 Å². The van der Waals surface area contributed by atoms with Crippen molar-refractivity contribution in [1.82, 2.24) is 4.90 Å². The molecule has 0 N–H and O–H groups in total. The van der Waals surface area contributed by atoms with Crippen LogP contribution in [0.15, 0.2) is 29.2 Å². The molecule has 0 saturated carbocycles. The summed E-state index contributed by atoms with van der Waals surface area (Å²) in [6.45, 7) is 10.3. The molecule has 0 amide bonds. The van der Waals surface area contributed by atoms with Crippen molar-refractivity contribution in [2.75, 3.05) is 32.8 Å². The van der Waals surface area contributed by atoms with E-state index in [0.29, 0.717) is 6.54 Å². The summed E-state index contributed by atoms with van der Waals surface area (Å²) in [5.41, 5.74) is 1.03. The van der Waals surface area contributed by atoms with Gasteiger partial charge in [-0.05, 0) is 31.9 Å². The highest BCUT2D eigenvalue weighted by Crippen LogP contribution is 2.15. The minimum Gasteiger partial charge on any atom is -0.262 e. The van der Waals surface area contributed by atoms with Crippen molar-refractivity contribution in [2.24, 2.45) is 0 Å². The van der Waals surface area contributed by atoms with E-state index in [-0.39, 0.29) is 11.5 Å². The van der Waals surface area contributed by atoms with E-state index in [2.05, 4.69) is 23.3 Å². The molecule has 0 spiro atoms. The fourth-order valence-electron chi connectivity index (χ4n) is 4.45. The molecule has 2 rings (SSSR count). The molecule has 182 valence electrons. The Bertz CT molecular complexity index is 788. The van der Waals surface area contributed by atoms with E-state index in [1.165, 1.54) is 70.0 Å². The molecular formula is C26H45N2O3S+. The van der Waals surface area contributed by atoms with E-state index in [1.54, 1.807) is 24.3 Å². The summed E-state index contributed by atoms with van der Waals surface area (Å²) >= 11 is 0. The molecule has 32 heavy (non-hydrogen) atoms. The third-order valence-corrected chi connectivity index (χ3v) is 7.70. The molecular weight excluding hydrogens is 420 g/mol. The third kappa shape index (κ3) is 9.22. The van der Waals surface area contributed by atoms with Crippen LogP contribution in [-0.2, 0) is 14.3 Å². The maximum absolute atomic E-state index is 12.4. The number of unbranched alkanes of at least 4 members (excludes halogenated alkanes) is 9. The minimum absolute atomic E-state index is 0.186. The summed E-state index contributed by atoms with van der Waals surface area (Å²) in [4.78, 5) is 2.52. The summed E-state index contributed by atoms with van der Waals surface area (Å²) in [6.07, 6.45) is 14.5. The summed E-state index contributed by atoms with van der Waals surface area (Å²) in [6, 6.07) is 6.81. The van der Waals surface area contributed by atoms with Gasteiger partial charge in [0.25, 0.3) is 10.1 Å². The predicted molar refractivity (Wildman–Crippen MR) is 133 cm³/mol. The zero-order valence-electron chi connectivity index (χ0n) is 20.7. The van der Waals surface area contributed by atoms with Crippen molar-refractivity contribution in [3.05, 3.63) is 29.8 Å². The average molecular weight is 466 g/mol. The lowest BCUT2D eigenvalue weighted by atomic mass is 10.1. The number of benzene rings is 1. The number of hydrogen-bond donors (Lipinski definition) is 0. The predicted octanol–water partition coefficient (Wildman–Crippen LogP) is 5.76. The Morgan fingerprint density at radius 3 is 2.09 bits per heavy atom. The standard InChI is InChI=1S/C26H45N2O3S/c1-4-6-7-8-9-10-11-12-13-14-19-27-20-21-28(26(27)5-2)22-23-31-32(29,30)25-17-15-24(3)16-18-25/h15-18H,4-14,19-23H2,1-3H3/q+1. The monoisotopic (exact) mass is 465 g/mol. The maximum atomic E-state index is 12.4. The fourth-order valence-corrected chi connectivity index (χ4v) is 5.35. The van der Waals surface area contributed by atoms with Crippen LogP contribution in [0.5, 0.6) is 0 Å². The van der Waals surface area contributed by atoms with Crippen molar-refractivity contribution in [1.29, 1.82) is 0 Å². The van der Waals surface area contributed by atoms with Crippen molar-refractivity contribution >= 4 is 16.0 Å². The lowest BCUT2D eigenvalue weighted by molar-refractivity contribution is -0.519. The number of nitrogens with zero attached hydrogens (tertiary/aromatic N) is 2. The first kappa shape index (κ1) is 26.8. The Labute approximate surface area is 197 Å². The Kier molecular flexibility index (Phi) is 12.3. The minimum atomic E-state index is -3.69. The quantitative estimate of drug-likeness (QED) is 0.167. The van der Waals surface area contributed by atoms with Gasteiger partial charge in [0.15, 0.2) is 0 Å². The number of amidine groups is 1. The molecule has 0 aromatic heterocycles. The summed E-state index contributed by atoms with van der Waals surface area (Å²) in [5.74, 6) is 1.33. The van der Waals surface area contributed by atoms with Crippen molar-refractivity contribution in [3.8, 4) is 0 Å². The van der Waals surface area contributed by atoms with E-state index >= 15 is 0 Å². The molecule has 1 aliphatic heterocycles. The molecule has 1 aliphatic rings. The topological polar surface area (TPSA) is 49.6 Å². The molecule has 1 heterocycles. The molecule has 1 aromatic rings. The van der Waals surface area contributed by atoms with E-state index in [4.69, 9.17) is 4.18 Å². The van der Waals surface area contributed by atoms with Crippen LogP contribution < -0.4 is 0 Å². The number of aryl methyl sites for hydroxylation is 1. The first-order valence-electron chi connectivity index (χ1n) is 12.8. The number of rotatable bonds is 17. The Balaban J connectivity index is 1.66. The van der Waals surface area contributed by atoms with Crippen LogP contribution in [0.1, 0.15) is 90.0 Å². The Morgan fingerprint density at radius 2 is 1.50 bits per heavy atom. The van der Waals surface area contributed by atoms with Crippen molar-refractivity contribution in [3.63, 3.8) is 0 Å². The largest absolute Gasteiger partial charge is 0.297 e. The lowest BCUT2D eigenvalue weighted by Gasteiger charge is -2.13. The second kappa shape index (κ2) is 14.7. The second-order valence-electron chi connectivity index (χ2n) is 9.02. The molecule has 0 aliphatic carbocycles. The SMILES string of the molecule is CCCCCCCCCCCC[N+]1=C(CC)N(CCOS(=O)(=O)c2ccc(C)cc2)CC1. The van der Waals surface area contributed by atoms with Crippen LogP contribution in [0, 0.1) is 6.92 Å². The van der Waals surface area contributed by atoms with Crippen LogP contribution in [0.2, 0.25) is 0 Å². The molecule has 0 radical (unpaired) electrons. The lowest BCUT2D eigenvalue weighted by Crippen LogP contribution is -2.32. The first-order valence-corrected chi connectivity index (χ1v) is 14.2. The van der Waals surface area contributed by atoms with Crippen LogP contribution >= 0.6 is 0 Å². The molecule has 0 unspecified atom stereocenters. The van der Waals surface area contributed by atoms with Crippen molar-refractivity contribution < 1.29 is 17.2 Å². The maximum Gasteiger partial charge on any atom is 0.297 e. The van der Waals surface area contributed by atoms with Gasteiger partial charge in [-0.15, -0.1) is 0 Å². The van der Waals surface area contributed by atoms with Crippen LogP contribution in [0.4, 0.5) is 0 Å². The van der Waals surface area contributed by atoms with E-state index in [9.17, 15) is 8.42 Å². The summed E-state index contributed by atoms with van der Waals surface area (Å²) < 4.78 is 32.6. The van der Waals surface area contributed by atoms with Gasteiger partial charge in [-0.3, -0.25) is 13.7 Å². The number of hydrogen-bond acceptors (Lipinski definition) is 4. The van der Waals surface area contributed by atoms with Gasteiger partial charge in [0.2, 0.25) is 5.84 Å². The second-order valence-corrected chi connectivity index (χ2v) is 10.6. The molecule has 0 fully saturated rings. The van der Waals surface area contributed by atoms with Gasteiger partial charge in [-0.2, -0.15) is 8.42 Å². The van der Waals surface area contributed by atoms with Crippen LogP contribution in [0.25, 0.3) is 0 Å². The van der Waals surface area contributed by atoms with Gasteiger partial charge in [-0.1, -0.05) is 82.9 Å². The zero-order valence-corrected chi connectivity index (χ0v) is 21.5. The average Bonchev–Trinajstić information content (AvgIpc) is 3.17. The molecule has 5 nitrogen and oxygen atoms in total. The van der Waals surface area contributed by atoms with E-state index in [1.807, 2.05) is 6.92 Å². The molecule has 0 saturated heterocycles. The van der Waals surface area contributed by atoms with Gasteiger partial charge in [0.1, 0.15) is 26.2 Å². The van der Waals surface area contributed by atoms with Gasteiger partial charge >= 0.3 is 0 Å². The zero-order chi connectivity index (χ0) is 23.2. The highest BCUT2D eigenvalue weighted by atomic mass is 32.2. The van der Waals surface area contributed by atoms with Crippen molar-refractivity contribution in [2.45, 2.75) is 96.3 Å². The normalized spacial score (nSPS) is 14.5. The molecule has 6 heteroatoms. The molecule has 0 atom stereocenters.